The molecule has 1 aromatic rings. The summed E-state index contributed by atoms with van der Waals surface area (Å²) in [5.74, 6) is -1.04. The Balaban J connectivity index is 3.50. The molecule has 0 saturated carbocycles. The molecule has 0 radical (unpaired) electrons. The van der Waals surface area contributed by atoms with Crippen molar-refractivity contribution in [1.29, 1.82) is 21.0 Å². The van der Waals surface area contributed by atoms with Crippen LogP contribution >= 0.6 is 0 Å². The molecule has 100 valence electrons. The fourth-order valence-electron chi connectivity index (χ4n) is 1.32. The van der Waals surface area contributed by atoms with Gasteiger partial charge in [-0.2, -0.15) is 21.0 Å². The van der Waals surface area contributed by atoms with Crippen molar-refractivity contribution in [1.82, 2.24) is 0 Å². The van der Waals surface area contributed by atoms with Gasteiger partial charge in [0.05, 0.1) is 10.5 Å². The van der Waals surface area contributed by atoms with Gasteiger partial charge in [-0.1, -0.05) is 0 Å². The summed E-state index contributed by atoms with van der Waals surface area (Å²) < 4.78 is 13.5. The number of benzene rings is 1. The maximum absolute atomic E-state index is 13.5. The normalized spacial score (nSPS) is 8.43. The number of anilines is 1. The van der Waals surface area contributed by atoms with Gasteiger partial charge in [0, 0.05) is 12.1 Å². The number of hydrogen-bond acceptors (Lipinski definition) is 7. The summed E-state index contributed by atoms with van der Waals surface area (Å²) >= 11 is 0. The Morgan fingerprint density at radius 1 is 1.19 bits per heavy atom. The zero-order chi connectivity index (χ0) is 16.0. The molecule has 0 atom stereocenters. The molecule has 1 N–H and O–H groups in total. The van der Waals surface area contributed by atoms with Gasteiger partial charge in [0.15, 0.2) is 5.57 Å². The second-order valence-electron chi connectivity index (χ2n) is 3.43. The lowest BCUT2D eigenvalue weighted by Crippen LogP contribution is -2.05. The Morgan fingerprint density at radius 3 is 2.24 bits per heavy atom. The average molecular weight is 282 g/mol. The molecular formula is C12H3FN6O2. The Hall–Kier alpha value is -3.95. The lowest BCUT2D eigenvalue weighted by atomic mass is 10.1. The number of hydrogen-bond donors (Lipinski definition) is 1. The molecule has 0 spiro atoms. The van der Waals surface area contributed by atoms with Gasteiger partial charge in [-0.25, -0.2) is 4.39 Å². The van der Waals surface area contributed by atoms with Crippen molar-refractivity contribution in [2.45, 2.75) is 0 Å². The van der Waals surface area contributed by atoms with Gasteiger partial charge in [-0.05, 0) is 0 Å². The highest BCUT2D eigenvalue weighted by molar-refractivity contribution is 5.69. The number of rotatable bonds is 3. The zero-order valence-electron chi connectivity index (χ0n) is 10.1. The topological polar surface area (TPSA) is 150 Å². The molecule has 0 aliphatic rings. The van der Waals surface area contributed by atoms with Gasteiger partial charge in [0.2, 0.25) is 0 Å². The van der Waals surface area contributed by atoms with Gasteiger partial charge >= 0.3 is 0 Å². The van der Waals surface area contributed by atoms with E-state index in [1.165, 1.54) is 24.3 Å². The quantitative estimate of drug-likeness (QED) is 0.504. The first kappa shape index (κ1) is 15.1. The van der Waals surface area contributed by atoms with Crippen LogP contribution in [0.15, 0.2) is 23.4 Å². The molecule has 0 heterocycles. The predicted octanol–water partition coefficient (Wildman–Crippen LogP) is 1.84. The van der Waals surface area contributed by atoms with E-state index in [0.29, 0.717) is 12.1 Å². The number of nitro groups is 1. The highest BCUT2D eigenvalue weighted by Crippen LogP contribution is 2.29. The van der Waals surface area contributed by atoms with Crippen LogP contribution in [0.5, 0.6) is 0 Å². The third-order valence-electron chi connectivity index (χ3n) is 2.25. The molecule has 0 bridgehead atoms. The van der Waals surface area contributed by atoms with Crippen molar-refractivity contribution in [3.05, 3.63) is 44.9 Å². The number of nitriles is 4. The summed E-state index contributed by atoms with van der Waals surface area (Å²) in [5, 5.41) is 47.8. The van der Waals surface area contributed by atoms with Crippen molar-refractivity contribution < 1.29 is 9.31 Å². The van der Waals surface area contributed by atoms with E-state index in [9.17, 15) is 14.5 Å². The van der Waals surface area contributed by atoms with E-state index < -0.39 is 38.9 Å². The first-order valence-electron chi connectivity index (χ1n) is 5.08. The van der Waals surface area contributed by atoms with Gasteiger partial charge in [-0.15, -0.1) is 0 Å². The van der Waals surface area contributed by atoms with E-state index in [1.807, 2.05) is 0 Å². The summed E-state index contributed by atoms with van der Waals surface area (Å²) in [7, 11) is 0. The largest absolute Gasteiger partial charge is 0.339 e. The first-order chi connectivity index (χ1) is 9.98. The Labute approximate surface area is 117 Å². The van der Waals surface area contributed by atoms with Crippen LogP contribution in [-0.4, -0.2) is 4.92 Å². The molecule has 9 heteroatoms. The number of allylic oxidation sites excluding steroid dienone is 2. The average Bonchev–Trinajstić information content (AvgIpc) is 2.47. The highest BCUT2D eigenvalue weighted by Gasteiger charge is 2.20. The molecule has 0 aliphatic carbocycles. The summed E-state index contributed by atoms with van der Waals surface area (Å²) in [6.45, 7) is 0. The van der Waals surface area contributed by atoms with Gasteiger partial charge < -0.3 is 5.32 Å². The van der Waals surface area contributed by atoms with Crippen LogP contribution < -0.4 is 5.32 Å². The molecule has 8 nitrogen and oxygen atoms in total. The maximum atomic E-state index is 13.5. The third-order valence-corrected chi connectivity index (χ3v) is 2.25. The minimum atomic E-state index is -1.04. The second kappa shape index (κ2) is 6.29. The van der Waals surface area contributed by atoms with E-state index in [4.69, 9.17) is 21.0 Å². The van der Waals surface area contributed by atoms with Gasteiger partial charge in [-0.3, -0.25) is 10.1 Å². The van der Waals surface area contributed by atoms with E-state index in [1.54, 1.807) is 0 Å². The van der Waals surface area contributed by atoms with Gasteiger partial charge in [0.1, 0.15) is 41.5 Å². The molecule has 0 aromatic heterocycles. The highest BCUT2D eigenvalue weighted by atomic mass is 19.1. The van der Waals surface area contributed by atoms with E-state index in [-0.39, 0.29) is 0 Å². The molecule has 0 fully saturated rings. The maximum Gasteiger partial charge on any atom is 0.294 e. The summed E-state index contributed by atoms with van der Waals surface area (Å²) in [4.78, 5) is 9.99. The number of nitrogens with zero attached hydrogens (tertiary/aromatic N) is 5. The van der Waals surface area contributed by atoms with Crippen LogP contribution in [0.4, 0.5) is 15.8 Å². The summed E-state index contributed by atoms with van der Waals surface area (Å²) in [6, 6.07) is 7.10. The third kappa shape index (κ3) is 3.08. The molecule has 0 aliphatic heterocycles. The molecule has 1 aromatic carbocycles. The SMILES string of the molecule is N#CC(C#N)=C(C#N)Nc1cc(F)c(C#N)cc1[N+](=O)[O-]. The number of nitrogens with one attached hydrogen (secondary N) is 1. The minimum Gasteiger partial charge on any atom is -0.339 e. The van der Waals surface area contributed by atoms with Gasteiger partial charge in [0.25, 0.3) is 5.69 Å². The van der Waals surface area contributed by atoms with E-state index in [0.717, 1.165) is 0 Å². The van der Waals surface area contributed by atoms with E-state index >= 15 is 0 Å². The fraction of sp³-hybridized carbons (Fsp3) is 0. The first-order valence-corrected chi connectivity index (χ1v) is 5.08. The zero-order valence-corrected chi connectivity index (χ0v) is 10.1. The molecular weight excluding hydrogens is 279 g/mol. The number of halogens is 1. The van der Waals surface area contributed by atoms with Crippen molar-refractivity contribution in [3.8, 4) is 24.3 Å². The Kier molecular flexibility index (Phi) is 4.52. The smallest absolute Gasteiger partial charge is 0.294 e. The Morgan fingerprint density at radius 2 is 1.81 bits per heavy atom. The summed E-state index contributed by atoms with van der Waals surface area (Å²) in [5.41, 5.74) is -2.84. The predicted molar refractivity (Wildman–Crippen MR) is 65.3 cm³/mol. The molecule has 0 amide bonds. The van der Waals surface area contributed by atoms with Crippen LogP contribution in [0.3, 0.4) is 0 Å². The van der Waals surface area contributed by atoms with Crippen LogP contribution in [0.2, 0.25) is 0 Å². The fourth-order valence-corrected chi connectivity index (χ4v) is 1.32. The number of nitro benzene ring substituents is 1. The van der Waals surface area contributed by atoms with Crippen LogP contribution in [0.1, 0.15) is 5.56 Å². The van der Waals surface area contributed by atoms with Crippen molar-refractivity contribution in [2.24, 2.45) is 0 Å². The lowest BCUT2D eigenvalue weighted by molar-refractivity contribution is -0.384. The van der Waals surface area contributed by atoms with Crippen molar-refractivity contribution in [2.75, 3.05) is 5.32 Å². The minimum absolute atomic E-state index is 0.448. The second-order valence-corrected chi connectivity index (χ2v) is 3.43. The molecule has 0 unspecified atom stereocenters. The molecule has 0 saturated heterocycles. The summed E-state index contributed by atoms with van der Waals surface area (Å²) in [6.07, 6.45) is 0. The molecule has 1 rings (SSSR count). The van der Waals surface area contributed by atoms with Crippen molar-refractivity contribution in [3.63, 3.8) is 0 Å². The van der Waals surface area contributed by atoms with Crippen LogP contribution in [0.25, 0.3) is 0 Å². The van der Waals surface area contributed by atoms with E-state index in [2.05, 4.69) is 5.32 Å². The molecule has 21 heavy (non-hydrogen) atoms. The van der Waals surface area contributed by atoms with Crippen LogP contribution in [0, 0.1) is 61.3 Å². The lowest BCUT2D eigenvalue weighted by Gasteiger charge is -2.06. The van der Waals surface area contributed by atoms with Crippen molar-refractivity contribution >= 4 is 11.4 Å². The Bertz CT molecular complexity index is 800. The standard InChI is InChI=1S/C12H3FN6O2/c13-9-2-10(12(19(20)21)1-7(9)3-14)18-11(6-17)8(4-15)5-16/h1-2,18H. The van der Waals surface area contributed by atoms with Crippen LogP contribution in [-0.2, 0) is 0 Å². The monoisotopic (exact) mass is 282 g/mol.